The third-order valence-electron chi connectivity index (χ3n) is 3.67. The Bertz CT molecular complexity index is 884. The molecule has 1 amide bonds. The van der Waals surface area contributed by atoms with E-state index < -0.39 is 5.97 Å². The van der Waals surface area contributed by atoms with Gasteiger partial charge < -0.3 is 10.1 Å². The molecule has 0 saturated carbocycles. The Labute approximate surface area is 159 Å². The molecule has 0 fully saturated rings. The standard InChI is InChI=1S/C18H19N3O3S2/c1-12-14-10-15(26-17(14)21(2)20-12)18(23)24-11-16(22)19-8-9-25-13-6-4-3-5-7-13/h3-7,10H,8-9,11H2,1-2H3,(H,19,22). The molecule has 0 unspecified atom stereocenters. The van der Waals surface area contributed by atoms with Crippen LogP contribution in [0, 0.1) is 6.92 Å². The van der Waals surface area contributed by atoms with Crippen LogP contribution in [0.5, 0.6) is 0 Å². The van der Waals surface area contributed by atoms with Crippen LogP contribution in [-0.2, 0) is 16.6 Å². The molecule has 1 aromatic carbocycles. The van der Waals surface area contributed by atoms with E-state index >= 15 is 0 Å². The largest absolute Gasteiger partial charge is 0.451 e. The van der Waals surface area contributed by atoms with Gasteiger partial charge in [0, 0.05) is 29.6 Å². The average molecular weight is 390 g/mol. The first-order valence-electron chi connectivity index (χ1n) is 8.09. The van der Waals surface area contributed by atoms with Crippen molar-refractivity contribution in [2.75, 3.05) is 18.9 Å². The molecule has 3 rings (SSSR count). The number of nitrogens with one attached hydrogen (secondary N) is 1. The van der Waals surface area contributed by atoms with E-state index in [4.69, 9.17) is 4.74 Å². The van der Waals surface area contributed by atoms with Gasteiger partial charge in [0.25, 0.3) is 5.91 Å². The van der Waals surface area contributed by atoms with Crippen LogP contribution >= 0.6 is 23.1 Å². The normalized spacial score (nSPS) is 10.8. The first-order chi connectivity index (χ1) is 12.5. The van der Waals surface area contributed by atoms with Gasteiger partial charge in [0.15, 0.2) is 6.61 Å². The minimum atomic E-state index is -0.487. The van der Waals surface area contributed by atoms with Gasteiger partial charge in [-0.3, -0.25) is 9.48 Å². The quantitative estimate of drug-likeness (QED) is 0.382. The smallest absolute Gasteiger partial charge is 0.348 e. The summed E-state index contributed by atoms with van der Waals surface area (Å²) in [5.41, 5.74) is 0.867. The summed E-state index contributed by atoms with van der Waals surface area (Å²) < 4.78 is 6.85. The lowest BCUT2D eigenvalue weighted by atomic mass is 10.3. The maximum absolute atomic E-state index is 12.1. The van der Waals surface area contributed by atoms with E-state index in [-0.39, 0.29) is 12.5 Å². The molecule has 0 radical (unpaired) electrons. The molecule has 0 aliphatic carbocycles. The Hall–Kier alpha value is -2.32. The molecule has 0 atom stereocenters. The van der Waals surface area contributed by atoms with Crippen LogP contribution in [0.1, 0.15) is 15.4 Å². The number of thiophene rings is 1. The van der Waals surface area contributed by atoms with E-state index in [1.54, 1.807) is 22.5 Å². The van der Waals surface area contributed by atoms with Crippen molar-refractivity contribution in [2.24, 2.45) is 7.05 Å². The SMILES string of the molecule is Cc1nn(C)c2sc(C(=O)OCC(=O)NCCSc3ccccc3)cc12. The van der Waals surface area contributed by atoms with Gasteiger partial charge in [-0.05, 0) is 25.1 Å². The number of carbonyl (C=O) groups excluding carboxylic acids is 2. The van der Waals surface area contributed by atoms with Gasteiger partial charge in [-0.2, -0.15) is 5.10 Å². The van der Waals surface area contributed by atoms with E-state index in [1.807, 2.05) is 44.3 Å². The van der Waals surface area contributed by atoms with Gasteiger partial charge in [0.2, 0.25) is 0 Å². The minimum Gasteiger partial charge on any atom is -0.451 e. The topological polar surface area (TPSA) is 73.2 Å². The number of aryl methyl sites for hydroxylation is 2. The van der Waals surface area contributed by atoms with Crippen molar-refractivity contribution in [2.45, 2.75) is 11.8 Å². The molecule has 136 valence electrons. The van der Waals surface area contributed by atoms with Crippen LogP contribution in [-0.4, -0.2) is 40.6 Å². The summed E-state index contributed by atoms with van der Waals surface area (Å²) in [6.45, 7) is 2.13. The fraction of sp³-hybridized carbons (Fsp3) is 0.278. The molecule has 0 spiro atoms. The Balaban J connectivity index is 1.42. The second-order valence-corrected chi connectivity index (χ2v) is 7.83. The van der Waals surface area contributed by atoms with E-state index in [9.17, 15) is 9.59 Å². The van der Waals surface area contributed by atoms with Crippen molar-refractivity contribution in [3.63, 3.8) is 0 Å². The highest BCUT2D eigenvalue weighted by Crippen LogP contribution is 2.28. The predicted octanol–water partition coefficient (Wildman–Crippen LogP) is 3.01. The summed E-state index contributed by atoms with van der Waals surface area (Å²) in [6, 6.07) is 11.7. The fourth-order valence-electron chi connectivity index (χ4n) is 2.44. The number of esters is 1. The van der Waals surface area contributed by atoms with Crippen molar-refractivity contribution < 1.29 is 14.3 Å². The van der Waals surface area contributed by atoms with Crippen molar-refractivity contribution in [1.82, 2.24) is 15.1 Å². The van der Waals surface area contributed by atoms with Gasteiger partial charge in [-0.1, -0.05) is 18.2 Å². The van der Waals surface area contributed by atoms with Gasteiger partial charge >= 0.3 is 5.97 Å². The Morgan fingerprint density at radius 2 is 2.08 bits per heavy atom. The lowest BCUT2D eigenvalue weighted by Crippen LogP contribution is -2.30. The number of carbonyl (C=O) groups is 2. The maximum Gasteiger partial charge on any atom is 0.348 e. The van der Waals surface area contributed by atoms with Crippen LogP contribution < -0.4 is 5.32 Å². The van der Waals surface area contributed by atoms with E-state index in [1.165, 1.54) is 11.3 Å². The van der Waals surface area contributed by atoms with Crippen molar-refractivity contribution >= 4 is 45.2 Å². The molecule has 0 aliphatic rings. The highest BCUT2D eigenvalue weighted by atomic mass is 32.2. The zero-order valence-corrected chi connectivity index (χ0v) is 16.2. The maximum atomic E-state index is 12.1. The Morgan fingerprint density at radius 1 is 1.31 bits per heavy atom. The van der Waals surface area contributed by atoms with Gasteiger partial charge in [0.1, 0.15) is 9.71 Å². The second-order valence-electron chi connectivity index (χ2n) is 5.63. The summed E-state index contributed by atoms with van der Waals surface area (Å²) in [6.07, 6.45) is 0. The van der Waals surface area contributed by atoms with Crippen LogP contribution in [0.25, 0.3) is 10.2 Å². The predicted molar refractivity (Wildman–Crippen MR) is 104 cm³/mol. The molecule has 6 nitrogen and oxygen atoms in total. The van der Waals surface area contributed by atoms with Gasteiger partial charge in [0.05, 0.1) is 5.69 Å². The zero-order chi connectivity index (χ0) is 18.5. The number of fused-ring (bicyclic) bond motifs is 1. The first kappa shape index (κ1) is 18.5. The number of rotatable bonds is 7. The van der Waals surface area contributed by atoms with Gasteiger partial charge in [-0.15, -0.1) is 23.1 Å². The monoisotopic (exact) mass is 389 g/mol. The second kappa shape index (κ2) is 8.37. The van der Waals surface area contributed by atoms with Crippen LogP contribution in [0.3, 0.4) is 0 Å². The minimum absolute atomic E-state index is 0.277. The lowest BCUT2D eigenvalue weighted by molar-refractivity contribution is -0.124. The molecular formula is C18H19N3O3S2. The first-order valence-corrected chi connectivity index (χ1v) is 9.89. The molecule has 8 heteroatoms. The number of hydrogen-bond donors (Lipinski definition) is 1. The van der Waals surface area contributed by atoms with Crippen molar-refractivity contribution in [3.05, 3.63) is 47.0 Å². The number of aromatic nitrogens is 2. The van der Waals surface area contributed by atoms with Crippen molar-refractivity contribution in [3.8, 4) is 0 Å². The molecule has 0 aliphatic heterocycles. The van der Waals surface area contributed by atoms with E-state index in [0.29, 0.717) is 11.4 Å². The Kier molecular flexibility index (Phi) is 5.95. The number of nitrogens with zero attached hydrogens (tertiary/aromatic N) is 2. The summed E-state index contributed by atoms with van der Waals surface area (Å²) >= 11 is 2.98. The third kappa shape index (κ3) is 4.44. The van der Waals surface area contributed by atoms with Crippen LogP contribution in [0.4, 0.5) is 0 Å². The van der Waals surface area contributed by atoms with E-state index in [2.05, 4.69) is 10.4 Å². The average Bonchev–Trinajstić information content (AvgIpc) is 3.19. The molecular weight excluding hydrogens is 370 g/mol. The molecule has 26 heavy (non-hydrogen) atoms. The fourth-order valence-corrected chi connectivity index (χ4v) is 4.24. The highest BCUT2D eigenvalue weighted by molar-refractivity contribution is 7.99. The molecule has 1 N–H and O–H groups in total. The zero-order valence-electron chi connectivity index (χ0n) is 14.5. The molecule has 2 aromatic heterocycles. The Morgan fingerprint density at radius 3 is 2.81 bits per heavy atom. The number of ether oxygens (including phenoxy) is 1. The van der Waals surface area contributed by atoms with E-state index in [0.717, 1.165) is 26.6 Å². The number of benzene rings is 1. The van der Waals surface area contributed by atoms with Crippen LogP contribution in [0.2, 0.25) is 0 Å². The molecule has 3 aromatic rings. The lowest BCUT2D eigenvalue weighted by Gasteiger charge is -2.06. The molecule has 2 heterocycles. The van der Waals surface area contributed by atoms with Gasteiger partial charge in [-0.25, -0.2) is 4.79 Å². The molecule has 0 saturated heterocycles. The van der Waals surface area contributed by atoms with Crippen LogP contribution in [0.15, 0.2) is 41.3 Å². The third-order valence-corrected chi connectivity index (χ3v) is 5.86. The summed E-state index contributed by atoms with van der Waals surface area (Å²) in [5.74, 6) is -0.0304. The summed E-state index contributed by atoms with van der Waals surface area (Å²) in [5, 5.41) is 7.99. The molecule has 0 bridgehead atoms. The summed E-state index contributed by atoms with van der Waals surface area (Å²) in [4.78, 5) is 26.5. The van der Waals surface area contributed by atoms with Crippen molar-refractivity contribution in [1.29, 1.82) is 0 Å². The summed E-state index contributed by atoms with van der Waals surface area (Å²) in [7, 11) is 1.84. The number of thioether (sulfide) groups is 1. The highest BCUT2D eigenvalue weighted by Gasteiger charge is 2.17. The number of hydrogen-bond acceptors (Lipinski definition) is 6. The number of amides is 1.